The molecule has 2 atom stereocenters. The number of aliphatic hydroxyl groups is 1. The molecule has 0 heterocycles. The molecule has 2 unspecified atom stereocenters. The normalized spacial score (nSPS) is 8.62. The Morgan fingerprint density at radius 3 is 1.31 bits per heavy atom. The summed E-state index contributed by atoms with van der Waals surface area (Å²) in [6.07, 6.45) is 0. The maximum Gasteiger partial charge on any atom is 1.00 e. The Bertz CT molecular complexity index is 110. The van der Waals surface area contributed by atoms with Gasteiger partial charge in [-0.05, 0) is 16.1 Å². The molecule has 0 aliphatic carbocycles. The van der Waals surface area contributed by atoms with Crippen LogP contribution in [-0.4, -0.2) is 11.7 Å². The molecular weight excluding hydrogens is 251 g/mol. The van der Waals surface area contributed by atoms with Crippen LogP contribution in [0.4, 0.5) is 0 Å². The smallest absolute Gasteiger partial charge is 0.563 e. The maximum atomic E-state index is 9.24. The predicted octanol–water partition coefficient (Wildman–Crippen LogP) is -9.95. The molecule has 60 valence electrons. The van der Waals surface area contributed by atoms with Crippen molar-refractivity contribution in [1.29, 1.82) is 0 Å². The van der Waals surface area contributed by atoms with Crippen LogP contribution >= 0.6 is 16.5 Å². The van der Waals surface area contributed by atoms with E-state index in [1.165, 1.54) is 0 Å². The summed E-state index contributed by atoms with van der Waals surface area (Å²) in [7, 11) is -6.47. The second-order valence-corrected chi connectivity index (χ2v) is 2.39. The second-order valence-electron chi connectivity index (χ2n) is 0.845. The van der Waals surface area contributed by atoms with Crippen molar-refractivity contribution >= 4 is 16.5 Å². The SMILES string of the molecule is CCO.O=[P+]([O-])O[P+](=O)[O-].[Na+].[Na+].[Na+]. The molecule has 13 heavy (non-hydrogen) atoms. The van der Waals surface area contributed by atoms with Gasteiger partial charge in [0.2, 0.25) is 0 Å². The van der Waals surface area contributed by atoms with Gasteiger partial charge in [0.05, 0.1) is 0 Å². The minimum atomic E-state index is -3.24. The number of hydrogen-bond acceptors (Lipinski definition) is 6. The van der Waals surface area contributed by atoms with Crippen molar-refractivity contribution in [2.45, 2.75) is 6.92 Å². The van der Waals surface area contributed by atoms with E-state index in [0.717, 1.165) is 0 Å². The molecule has 11 heteroatoms. The van der Waals surface area contributed by atoms with Crippen molar-refractivity contribution in [3.05, 3.63) is 0 Å². The third kappa shape index (κ3) is 51.6. The molecule has 0 saturated heterocycles. The van der Waals surface area contributed by atoms with E-state index < -0.39 is 16.5 Å². The summed E-state index contributed by atoms with van der Waals surface area (Å²) < 4.78 is 21.6. The Hall–Kier alpha value is 3.04. The molecule has 0 aliphatic heterocycles. The monoisotopic (exact) mass is 257 g/mol. The summed E-state index contributed by atoms with van der Waals surface area (Å²) in [6, 6.07) is 0. The number of aliphatic hydroxyl groups excluding tert-OH is 1. The van der Waals surface area contributed by atoms with Crippen LogP contribution in [0.15, 0.2) is 0 Å². The van der Waals surface area contributed by atoms with Crippen LogP contribution in [0.2, 0.25) is 0 Å². The summed E-state index contributed by atoms with van der Waals surface area (Å²) in [5.74, 6) is 0. The van der Waals surface area contributed by atoms with Gasteiger partial charge >= 0.3 is 105 Å². The van der Waals surface area contributed by atoms with Crippen LogP contribution < -0.4 is 98.5 Å². The van der Waals surface area contributed by atoms with E-state index in [9.17, 15) is 18.9 Å². The third-order valence-corrected chi connectivity index (χ3v) is 1.20. The fourth-order valence-corrected chi connectivity index (χ4v) is 0.490. The molecule has 1 N–H and O–H groups in total. The van der Waals surface area contributed by atoms with Gasteiger partial charge < -0.3 is 14.9 Å². The van der Waals surface area contributed by atoms with Crippen molar-refractivity contribution in [1.82, 2.24) is 0 Å². The Balaban J connectivity index is -0.0000000320. The first-order valence-corrected chi connectivity index (χ1v) is 4.31. The molecule has 0 aromatic rings. The van der Waals surface area contributed by atoms with Gasteiger partial charge in [0, 0.05) is 6.61 Å². The van der Waals surface area contributed by atoms with Crippen LogP contribution in [0.1, 0.15) is 6.92 Å². The zero-order valence-electron chi connectivity index (χ0n) is 8.09. The minimum absolute atomic E-state index is 0. The zero-order chi connectivity index (χ0) is 8.57. The molecule has 0 aromatic heterocycles. The molecule has 6 nitrogen and oxygen atoms in total. The van der Waals surface area contributed by atoms with Crippen LogP contribution in [0.25, 0.3) is 0 Å². The molecule has 0 spiro atoms. The average molecular weight is 257 g/mol. The van der Waals surface area contributed by atoms with Gasteiger partial charge in [0.15, 0.2) is 0 Å². The fraction of sp³-hybridized carbons (Fsp3) is 1.00. The first kappa shape index (κ1) is 29.8. The maximum absolute atomic E-state index is 9.24. The van der Waals surface area contributed by atoms with Gasteiger partial charge in [-0.2, -0.15) is 0 Å². The zero-order valence-corrected chi connectivity index (χ0v) is 15.9. The summed E-state index contributed by atoms with van der Waals surface area (Å²) in [6.45, 7) is 1.93. The third-order valence-electron chi connectivity index (χ3n) is 0.133. The van der Waals surface area contributed by atoms with Crippen molar-refractivity contribution < 1.29 is 117 Å². The van der Waals surface area contributed by atoms with Gasteiger partial charge in [-0.3, -0.25) is 0 Å². The van der Waals surface area contributed by atoms with Gasteiger partial charge in [-0.1, -0.05) is 0 Å². The molecule has 0 fully saturated rings. The Morgan fingerprint density at radius 2 is 1.31 bits per heavy atom. The quantitative estimate of drug-likeness (QED) is 0.388. The minimum Gasteiger partial charge on any atom is -0.563 e. The summed E-state index contributed by atoms with van der Waals surface area (Å²) in [5.41, 5.74) is 0. The van der Waals surface area contributed by atoms with Crippen LogP contribution in [0, 0.1) is 0 Å². The van der Waals surface area contributed by atoms with E-state index >= 15 is 0 Å². The molecular formula is C2H6Na3O6P2+3. The van der Waals surface area contributed by atoms with E-state index in [2.05, 4.69) is 4.31 Å². The van der Waals surface area contributed by atoms with Crippen LogP contribution in [-0.2, 0) is 13.4 Å². The van der Waals surface area contributed by atoms with Gasteiger partial charge in [0.25, 0.3) is 0 Å². The van der Waals surface area contributed by atoms with E-state index in [0.29, 0.717) is 0 Å². The first-order chi connectivity index (χ1) is 4.54. The van der Waals surface area contributed by atoms with Gasteiger partial charge in [-0.25, -0.2) is 0 Å². The molecule has 0 rings (SSSR count). The van der Waals surface area contributed by atoms with E-state index in [4.69, 9.17) is 5.11 Å². The molecule has 0 amide bonds. The van der Waals surface area contributed by atoms with E-state index in [-0.39, 0.29) is 95.3 Å². The number of hydrogen-bond donors (Lipinski definition) is 1. The van der Waals surface area contributed by atoms with Crippen molar-refractivity contribution in [3.63, 3.8) is 0 Å². The Morgan fingerprint density at radius 1 is 1.15 bits per heavy atom. The topological polar surface area (TPSA) is 110 Å². The van der Waals surface area contributed by atoms with Crippen molar-refractivity contribution in [2.24, 2.45) is 0 Å². The molecule has 0 bridgehead atoms. The molecule has 0 saturated carbocycles. The predicted molar refractivity (Wildman–Crippen MR) is 29.1 cm³/mol. The first-order valence-electron chi connectivity index (χ1n) is 2.12. The standard InChI is InChI=1S/C2H6O.3Na.O5P2/c1-2-3;;;;1-6(2)5-7(3)4/h3H,2H2,1H3;;;;/q;3*+1;. The van der Waals surface area contributed by atoms with Crippen molar-refractivity contribution in [3.8, 4) is 0 Å². The molecule has 0 radical (unpaired) electrons. The van der Waals surface area contributed by atoms with Crippen LogP contribution in [0.3, 0.4) is 0 Å². The van der Waals surface area contributed by atoms with E-state index in [1.807, 2.05) is 0 Å². The Kier molecular flexibility index (Phi) is 55.7. The van der Waals surface area contributed by atoms with Crippen LogP contribution in [0.5, 0.6) is 0 Å². The fourth-order valence-electron chi connectivity index (χ4n) is 0.0544. The average Bonchev–Trinajstić information content (AvgIpc) is 1.62. The van der Waals surface area contributed by atoms with Gasteiger partial charge in [-0.15, -0.1) is 0 Å². The molecule has 0 aromatic carbocycles. The summed E-state index contributed by atoms with van der Waals surface area (Å²) >= 11 is 0. The molecule has 0 aliphatic rings. The number of rotatable bonds is 2. The van der Waals surface area contributed by atoms with Gasteiger partial charge in [0.1, 0.15) is 4.31 Å². The summed E-state index contributed by atoms with van der Waals surface area (Å²) in [4.78, 5) is 18.5. The second kappa shape index (κ2) is 24.3. The van der Waals surface area contributed by atoms with Crippen molar-refractivity contribution in [2.75, 3.05) is 6.61 Å². The summed E-state index contributed by atoms with van der Waals surface area (Å²) in [5, 5.41) is 7.57. The largest absolute Gasteiger partial charge is 1.00 e. The van der Waals surface area contributed by atoms with E-state index in [1.54, 1.807) is 6.92 Å². The Labute approximate surface area is 145 Å².